The highest BCUT2D eigenvalue weighted by atomic mass is 32.2. The van der Waals surface area contributed by atoms with Crippen LogP contribution in [0.3, 0.4) is 0 Å². The van der Waals surface area contributed by atoms with Crippen molar-refractivity contribution in [3.63, 3.8) is 0 Å². The Kier molecular flexibility index (Phi) is 6.54. The lowest BCUT2D eigenvalue weighted by Crippen LogP contribution is -2.38. The summed E-state index contributed by atoms with van der Waals surface area (Å²) in [4.78, 5) is 23.3. The van der Waals surface area contributed by atoms with Gasteiger partial charge in [-0.1, -0.05) is 23.8 Å². The van der Waals surface area contributed by atoms with E-state index in [0.717, 1.165) is 22.0 Å². The number of nitro benzene ring substituents is 1. The van der Waals surface area contributed by atoms with Gasteiger partial charge in [-0.25, -0.2) is 12.8 Å². The summed E-state index contributed by atoms with van der Waals surface area (Å²) in [7, 11) is -4.16. The van der Waals surface area contributed by atoms with Crippen LogP contribution in [-0.4, -0.2) is 25.8 Å². The Morgan fingerprint density at radius 2 is 1.66 bits per heavy atom. The molecule has 0 fully saturated rings. The maximum Gasteiger partial charge on any atom is 0.274 e. The van der Waals surface area contributed by atoms with Crippen LogP contribution in [0.25, 0.3) is 0 Å². The molecule has 1 amide bonds. The first-order chi connectivity index (χ1) is 15.1. The number of anilines is 2. The van der Waals surface area contributed by atoms with E-state index < -0.39 is 33.2 Å². The maximum atomic E-state index is 13.4. The van der Waals surface area contributed by atoms with Gasteiger partial charge in [0.05, 0.1) is 26.8 Å². The summed E-state index contributed by atoms with van der Waals surface area (Å²) in [5.41, 5.74) is 1.20. The van der Waals surface area contributed by atoms with Gasteiger partial charge in [-0.15, -0.1) is 0 Å². The molecule has 32 heavy (non-hydrogen) atoms. The molecule has 0 radical (unpaired) electrons. The monoisotopic (exact) mass is 457 g/mol. The van der Waals surface area contributed by atoms with Crippen molar-refractivity contribution in [1.82, 2.24) is 0 Å². The van der Waals surface area contributed by atoms with Crippen molar-refractivity contribution in [2.75, 3.05) is 16.2 Å². The average Bonchev–Trinajstić information content (AvgIpc) is 2.74. The summed E-state index contributed by atoms with van der Waals surface area (Å²) in [5.74, 6) is -1.27. The molecule has 0 saturated heterocycles. The Morgan fingerprint density at radius 1 is 1.03 bits per heavy atom. The zero-order valence-electron chi connectivity index (χ0n) is 17.3. The molecule has 0 bridgehead atoms. The van der Waals surface area contributed by atoms with E-state index in [4.69, 9.17) is 0 Å². The minimum absolute atomic E-state index is 0.0354. The molecule has 0 aliphatic heterocycles. The average molecular weight is 457 g/mol. The number of hydrogen-bond acceptors (Lipinski definition) is 5. The number of carbonyl (C=O) groups is 1. The Balaban J connectivity index is 1.95. The summed E-state index contributed by atoms with van der Waals surface area (Å²) < 4.78 is 40.8. The van der Waals surface area contributed by atoms with E-state index in [0.29, 0.717) is 0 Å². The molecule has 0 aromatic heterocycles. The van der Waals surface area contributed by atoms with E-state index in [1.54, 1.807) is 12.1 Å². The van der Waals surface area contributed by atoms with Gasteiger partial charge in [0.25, 0.3) is 15.7 Å². The maximum absolute atomic E-state index is 13.4. The second kappa shape index (κ2) is 9.15. The second-order valence-corrected chi connectivity index (χ2v) is 8.92. The van der Waals surface area contributed by atoms with Crippen LogP contribution < -0.4 is 9.62 Å². The van der Waals surface area contributed by atoms with Crippen molar-refractivity contribution in [3.05, 3.63) is 93.8 Å². The molecule has 0 heterocycles. The third-order valence-corrected chi connectivity index (χ3v) is 6.57. The van der Waals surface area contributed by atoms with Gasteiger partial charge < -0.3 is 5.32 Å². The number of aryl methyl sites for hydroxylation is 1. The van der Waals surface area contributed by atoms with Crippen molar-refractivity contribution < 1.29 is 22.5 Å². The van der Waals surface area contributed by atoms with Crippen LogP contribution in [0, 0.1) is 29.8 Å². The molecule has 3 aromatic carbocycles. The van der Waals surface area contributed by atoms with Crippen LogP contribution in [0.2, 0.25) is 0 Å². The summed E-state index contributed by atoms with van der Waals surface area (Å²) in [6, 6.07) is 15.0. The number of sulfonamides is 1. The first kappa shape index (κ1) is 22.9. The van der Waals surface area contributed by atoms with Crippen LogP contribution >= 0.6 is 0 Å². The highest BCUT2D eigenvalue weighted by Gasteiger charge is 2.27. The SMILES string of the molecule is Cc1ccc(S(=O)(=O)N(CC(=O)Nc2cccc([N+](=O)[O-])c2C)c2ccc(F)cc2)cc1. The second-order valence-electron chi connectivity index (χ2n) is 7.06. The lowest BCUT2D eigenvalue weighted by Gasteiger charge is -2.24. The number of rotatable bonds is 7. The van der Waals surface area contributed by atoms with Crippen molar-refractivity contribution >= 4 is 33.0 Å². The summed E-state index contributed by atoms with van der Waals surface area (Å²) in [6.07, 6.45) is 0. The van der Waals surface area contributed by atoms with E-state index in [1.807, 2.05) is 6.92 Å². The van der Waals surface area contributed by atoms with Crippen LogP contribution in [0.1, 0.15) is 11.1 Å². The quantitative estimate of drug-likeness (QED) is 0.423. The predicted molar refractivity (Wildman–Crippen MR) is 119 cm³/mol. The minimum Gasteiger partial charge on any atom is -0.324 e. The minimum atomic E-state index is -4.16. The third kappa shape index (κ3) is 4.92. The van der Waals surface area contributed by atoms with Gasteiger partial charge in [0.15, 0.2) is 0 Å². The Hall–Kier alpha value is -3.79. The molecule has 166 valence electrons. The van der Waals surface area contributed by atoms with Crippen LogP contribution in [0.5, 0.6) is 0 Å². The molecular weight excluding hydrogens is 437 g/mol. The third-order valence-electron chi connectivity index (χ3n) is 4.79. The predicted octanol–water partition coefficient (Wildman–Crippen LogP) is 4.18. The number of nitrogens with zero attached hydrogens (tertiary/aromatic N) is 2. The molecule has 1 N–H and O–H groups in total. The Labute approximate surface area is 184 Å². The first-order valence-corrected chi connectivity index (χ1v) is 10.9. The smallest absolute Gasteiger partial charge is 0.274 e. The van der Waals surface area contributed by atoms with Gasteiger partial charge in [-0.05, 0) is 56.3 Å². The topological polar surface area (TPSA) is 110 Å². The number of nitrogens with one attached hydrogen (secondary N) is 1. The fourth-order valence-electron chi connectivity index (χ4n) is 3.04. The number of hydrogen-bond donors (Lipinski definition) is 1. The van der Waals surface area contributed by atoms with Gasteiger partial charge in [-0.2, -0.15) is 0 Å². The lowest BCUT2D eigenvalue weighted by atomic mass is 10.1. The molecule has 3 aromatic rings. The highest BCUT2D eigenvalue weighted by Crippen LogP contribution is 2.27. The van der Waals surface area contributed by atoms with Gasteiger partial charge in [0, 0.05) is 6.07 Å². The Bertz CT molecular complexity index is 1260. The van der Waals surface area contributed by atoms with E-state index in [2.05, 4.69) is 5.32 Å². The summed E-state index contributed by atoms with van der Waals surface area (Å²) in [5, 5.41) is 13.7. The molecule has 0 aliphatic rings. The molecule has 0 aliphatic carbocycles. The van der Waals surface area contributed by atoms with E-state index in [9.17, 15) is 27.7 Å². The standard InChI is InChI=1S/C22H20FN3O5S/c1-15-6-12-19(13-7-15)32(30,31)25(18-10-8-17(23)9-11-18)14-22(27)24-20-4-3-5-21(16(20)2)26(28)29/h3-13H,14H2,1-2H3,(H,24,27). The molecule has 0 atom stereocenters. The van der Waals surface area contributed by atoms with E-state index in [1.165, 1.54) is 49.4 Å². The summed E-state index contributed by atoms with van der Waals surface area (Å²) in [6.45, 7) is 2.67. The number of benzene rings is 3. The number of halogens is 1. The normalized spacial score (nSPS) is 11.1. The van der Waals surface area contributed by atoms with Gasteiger partial charge in [0.2, 0.25) is 5.91 Å². The fraction of sp³-hybridized carbons (Fsp3) is 0.136. The molecule has 0 spiro atoms. The first-order valence-electron chi connectivity index (χ1n) is 9.48. The van der Waals surface area contributed by atoms with Crippen LogP contribution in [0.4, 0.5) is 21.5 Å². The molecule has 0 saturated carbocycles. The molecule has 10 heteroatoms. The van der Waals surface area contributed by atoms with Crippen molar-refractivity contribution in [3.8, 4) is 0 Å². The van der Waals surface area contributed by atoms with Gasteiger partial charge in [-0.3, -0.25) is 19.2 Å². The fourth-order valence-corrected chi connectivity index (χ4v) is 4.46. The van der Waals surface area contributed by atoms with Crippen molar-refractivity contribution in [1.29, 1.82) is 0 Å². The number of carbonyl (C=O) groups excluding carboxylic acids is 1. The summed E-state index contributed by atoms with van der Waals surface area (Å²) >= 11 is 0. The largest absolute Gasteiger partial charge is 0.324 e. The van der Waals surface area contributed by atoms with Crippen molar-refractivity contribution in [2.24, 2.45) is 0 Å². The number of nitro groups is 1. The van der Waals surface area contributed by atoms with Gasteiger partial charge >= 0.3 is 0 Å². The van der Waals surface area contributed by atoms with Crippen LogP contribution in [-0.2, 0) is 14.8 Å². The van der Waals surface area contributed by atoms with E-state index >= 15 is 0 Å². The van der Waals surface area contributed by atoms with Crippen LogP contribution in [0.15, 0.2) is 71.6 Å². The zero-order valence-corrected chi connectivity index (χ0v) is 18.1. The highest BCUT2D eigenvalue weighted by molar-refractivity contribution is 7.92. The molecule has 3 rings (SSSR count). The van der Waals surface area contributed by atoms with Crippen molar-refractivity contribution in [2.45, 2.75) is 18.7 Å². The number of amides is 1. The van der Waals surface area contributed by atoms with Gasteiger partial charge in [0.1, 0.15) is 12.4 Å². The van der Waals surface area contributed by atoms with E-state index in [-0.39, 0.29) is 27.5 Å². The zero-order chi connectivity index (χ0) is 23.5. The molecule has 8 nitrogen and oxygen atoms in total. The lowest BCUT2D eigenvalue weighted by molar-refractivity contribution is -0.385. The molecular formula is C22H20FN3O5S. The Morgan fingerprint density at radius 3 is 2.25 bits per heavy atom. The molecule has 0 unspecified atom stereocenters.